The fraction of sp³-hybridized carbons (Fsp3) is 0.400. The van der Waals surface area contributed by atoms with Crippen LogP contribution in [0.3, 0.4) is 0 Å². The summed E-state index contributed by atoms with van der Waals surface area (Å²) in [5.74, 6) is -1.42. The summed E-state index contributed by atoms with van der Waals surface area (Å²) in [7, 11) is 0. The molecule has 0 amide bonds. The zero-order valence-corrected chi connectivity index (χ0v) is 8.30. The Kier molecular flexibility index (Phi) is 3.99. The Balaban J connectivity index is 2.77. The molecule has 15 heavy (non-hydrogen) atoms. The van der Waals surface area contributed by atoms with Gasteiger partial charge in [-0.3, -0.25) is 0 Å². The Morgan fingerprint density at radius 2 is 1.87 bits per heavy atom. The van der Waals surface area contributed by atoms with Crippen molar-refractivity contribution in [3.63, 3.8) is 0 Å². The lowest BCUT2D eigenvalue weighted by Crippen LogP contribution is -2.23. The van der Waals surface area contributed by atoms with E-state index in [4.69, 9.17) is 10.2 Å². The van der Waals surface area contributed by atoms with Crippen LogP contribution in [-0.2, 0) is 0 Å². The van der Waals surface area contributed by atoms with Crippen molar-refractivity contribution in [3.8, 4) is 0 Å². The van der Waals surface area contributed by atoms with Gasteiger partial charge >= 0.3 is 0 Å². The van der Waals surface area contributed by atoms with Gasteiger partial charge in [-0.1, -0.05) is 0 Å². The predicted octanol–water partition coefficient (Wildman–Crippen LogP) is 1.04. The molecule has 0 saturated carbocycles. The largest absolute Gasteiger partial charge is 0.394 e. The molecule has 0 spiro atoms. The molecule has 0 radical (unpaired) electrons. The molecule has 0 saturated heterocycles. The van der Waals surface area contributed by atoms with Crippen LogP contribution in [0.4, 0.5) is 14.5 Å². The monoisotopic (exact) mass is 217 g/mol. The number of halogens is 2. The van der Waals surface area contributed by atoms with Crippen molar-refractivity contribution in [2.45, 2.75) is 13.0 Å². The summed E-state index contributed by atoms with van der Waals surface area (Å²) in [6.07, 6.45) is -1.04. The van der Waals surface area contributed by atoms with Crippen molar-refractivity contribution >= 4 is 5.69 Å². The maximum Gasteiger partial charge on any atom is 0.149 e. The highest BCUT2D eigenvalue weighted by atomic mass is 19.1. The van der Waals surface area contributed by atoms with E-state index in [0.29, 0.717) is 5.56 Å². The lowest BCUT2D eigenvalue weighted by molar-refractivity contribution is 0.105. The van der Waals surface area contributed by atoms with E-state index in [1.165, 1.54) is 12.1 Å². The second-order valence-electron chi connectivity index (χ2n) is 3.32. The molecule has 1 aromatic rings. The summed E-state index contributed by atoms with van der Waals surface area (Å²) < 4.78 is 26.4. The summed E-state index contributed by atoms with van der Waals surface area (Å²) >= 11 is 0. The van der Waals surface area contributed by atoms with Crippen LogP contribution in [0.1, 0.15) is 5.56 Å². The molecular weight excluding hydrogens is 204 g/mol. The molecule has 0 heterocycles. The van der Waals surface area contributed by atoms with Crippen LogP contribution in [0.2, 0.25) is 0 Å². The van der Waals surface area contributed by atoms with Crippen LogP contribution in [0.25, 0.3) is 0 Å². The average molecular weight is 217 g/mol. The fourth-order valence-corrected chi connectivity index (χ4v) is 1.15. The SMILES string of the molecule is Cc1cc(F)c(NCC(O)CO)c(F)c1. The Bertz CT molecular complexity index is 321. The highest BCUT2D eigenvalue weighted by molar-refractivity contribution is 5.47. The second-order valence-corrected chi connectivity index (χ2v) is 3.32. The van der Waals surface area contributed by atoms with E-state index >= 15 is 0 Å². The molecule has 0 aliphatic carbocycles. The Morgan fingerprint density at radius 1 is 1.33 bits per heavy atom. The number of nitrogens with one attached hydrogen (secondary N) is 1. The van der Waals surface area contributed by atoms with Gasteiger partial charge in [-0.2, -0.15) is 0 Å². The summed E-state index contributed by atoms with van der Waals surface area (Å²) in [4.78, 5) is 0. The number of aliphatic hydroxyl groups is 2. The molecule has 1 aromatic carbocycles. The minimum atomic E-state index is -1.04. The predicted molar refractivity (Wildman–Crippen MR) is 52.7 cm³/mol. The normalized spacial score (nSPS) is 12.6. The van der Waals surface area contributed by atoms with Crippen molar-refractivity contribution in [2.75, 3.05) is 18.5 Å². The van der Waals surface area contributed by atoms with E-state index in [0.717, 1.165) is 0 Å². The zero-order chi connectivity index (χ0) is 11.4. The van der Waals surface area contributed by atoms with Crippen LogP contribution in [0.5, 0.6) is 0 Å². The zero-order valence-electron chi connectivity index (χ0n) is 8.30. The third kappa shape index (κ3) is 3.14. The van der Waals surface area contributed by atoms with Gasteiger partial charge in [0.15, 0.2) is 0 Å². The quantitative estimate of drug-likeness (QED) is 0.706. The molecule has 1 atom stereocenters. The molecule has 0 aliphatic rings. The molecule has 0 aliphatic heterocycles. The first-order chi connectivity index (χ1) is 7.04. The van der Waals surface area contributed by atoms with E-state index in [9.17, 15) is 8.78 Å². The van der Waals surface area contributed by atoms with Crippen LogP contribution < -0.4 is 5.32 Å². The lowest BCUT2D eigenvalue weighted by atomic mass is 10.2. The van der Waals surface area contributed by atoms with Crippen LogP contribution in [-0.4, -0.2) is 29.5 Å². The van der Waals surface area contributed by atoms with Gasteiger partial charge in [0.1, 0.15) is 17.3 Å². The summed E-state index contributed by atoms with van der Waals surface area (Å²) in [5.41, 5.74) is 0.200. The molecule has 1 unspecified atom stereocenters. The minimum Gasteiger partial charge on any atom is -0.394 e. The third-order valence-electron chi connectivity index (χ3n) is 1.91. The first kappa shape index (κ1) is 11.9. The standard InChI is InChI=1S/C10H13F2NO2/c1-6-2-8(11)10(9(12)3-6)13-4-7(15)5-14/h2-3,7,13-15H,4-5H2,1H3. The van der Waals surface area contributed by atoms with Gasteiger partial charge in [-0.25, -0.2) is 8.78 Å². The van der Waals surface area contributed by atoms with Gasteiger partial charge in [0.25, 0.3) is 0 Å². The van der Waals surface area contributed by atoms with E-state index in [2.05, 4.69) is 5.32 Å². The van der Waals surface area contributed by atoms with Gasteiger partial charge < -0.3 is 15.5 Å². The summed E-state index contributed by atoms with van der Waals surface area (Å²) in [6, 6.07) is 2.38. The number of aryl methyl sites for hydroxylation is 1. The molecule has 84 valence electrons. The number of rotatable bonds is 4. The topological polar surface area (TPSA) is 52.5 Å². The molecule has 0 bridgehead atoms. The number of benzene rings is 1. The highest BCUT2D eigenvalue weighted by Crippen LogP contribution is 2.20. The van der Waals surface area contributed by atoms with E-state index < -0.39 is 24.3 Å². The van der Waals surface area contributed by atoms with Gasteiger partial charge in [0.05, 0.1) is 12.7 Å². The van der Waals surface area contributed by atoms with Crippen molar-refractivity contribution < 1.29 is 19.0 Å². The van der Waals surface area contributed by atoms with Gasteiger partial charge in [0.2, 0.25) is 0 Å². The van der Waals surface area contributed by atoms with Gasteiger partial charge in [-0.05, 0) is 24.6 Å². The number of hydrogen-bond acceptors (Lipinski definition) is 3. The molecule has 3 nitrogen and oxygen atoms in total. The third-order valence-corrected chi connectivity index (χ3v) is 1.91. The lowest BCUT2D eigenvalue weighted by Gasteiger charge is -2.12. The van der Waals surface area contributed by atoms with Crippen molar-refractivity contribution in [2.24, 2.45) is 0 Å². The number of aliphatic hydroxyl groups excluding tert-OH is 2. The van der Waals surface area contributed by atoms with Gasteiger partial charge in [0, 0.05) is 6.54 Å². The first-order valence-electron chi connectivity index (χ1n) is 4.53. The fourth-order valence-electron chi connectivity index (χ4n) is 1.15. The van der Waals surface area contributed by atoms with Crippen LogP contribution in [0.15, 0.2) is 12.1 Å². The molecule has 1 rings (SSSR count). The number of anilines is 1. The Labute approximate surface area is 86.4 Å². The Hall–Kier alpha value is -1.20. The molecule has 5 heteroatoms. The summed E-state index contributed by atoms with van der Waals surface area (Å²) in [5, 5.41) is 19.9. The molecule has 0 aromatic heterocycles. The Morgan fingerprint density at radius 3 is 2.33 bits per heavy atom. The second kappa shape index (κ2) is 5.04. The van der Waals surface area contributed by atoms with Crippen molar-refractivity contribution in [1.82, 2.24) is 0 Å². The summed E-state index contributed by atoms with van der Waals surface area (Å²) in [6.45, 7) is 1.02. The molecule has 0 fully saturated rings. The molecule has 3 N–H and O–H groups in total. The van der Waals surface area contributed by atoms with Crippen molar-refractivity contribution in [1.29, 1.82) is 0 Å². The van der Waals surface area contributed by atoms with Crippen molar-refractivity contribution in [3.05, 3.63) is 29.3 Å². The highest BCUT2D eigenvalue weighted by Gasteiger charge is 2.10. The smallest absolute Gasteiger partial charge is 0.149 e. The maximum atomic E-state index is 13.2. The van der Waals surface area contributed by atoms with E-state index in [1.54, 1.807) is 6.92 Å². The first-order valence-corrected chi connectivity index (χ1v) is 4.53. The van der Waals surface area contributed by atoms with Crippen LogP contribution >= 0.6 is 0 Å². The van der Waals surface area contributed by atoms with E-state index in [-0.39, 0.29) is 12.2 Å². The minimum absolute atomic E-state index is 0.104. The average Bonchev–Trinajstić information content (AvgIpc) is 2.15. The van der Waals surface area contributed by atoms with Gasteiger partial charge in [-0.15, -0.1) is 0 Å². The molecular formula is C10H13F2NO2. The van der Waals surface area contributed by atoms with Crippen LogP contribution in [0, 0.1) is 18.6 Å². The van der Waals surface area contributed by atoms with E-state index in [1.807, 2.05) is 0 Å². The number of hydrogen-bond donors (Lipinski definition) is 3. The maximum absolute atomic E-state index is 13.2.